The first-order chi connectivity index (χ1) is 10.2. The van der Waals surface area contributed by atoms with Gasteiger partial charge in [-0.3, -0.25) is 10.1 Å². The third-order valence-corrected chi connectivity index (χ3v) is 4.29. The molecule has 0 aromatic carbocycles. The molecule has 2 fully saturated rings. The van der Waals surface area contributed by atoms with Crippen molar-refractivity contribution in [1.29, 1.82) is 0 Å². The van der Waals surface area contributed by atoms with Gasteiger partial charge >= 0.3 is 0 Å². The minimum atomic E-state index is -0.370. The van der Waals surface area contributed by atoms with Gasteiger partial charge in [-0.15, -0.1) is 0 Å². The molecule has 7 heteroatoms. The van der Waals surface area contributed by atoms with E-state index in [1.807, 2.05) is 0 Å². The summed E-state index contributed by atoms with van der Waals surface area (Å²) in [5, 5.41) is 14.0. The Morgan fingerprint density at radius 3 is 3.00 bits per heavy atom. The lowest BCUT2D eigenvalue weighted by molar-refractivity contribution is -0.384. The molecule has 0 bridgehead atoms. The number of nitrogens with one attached hydrogen (secondary N) is 1. The Bertz CT molecular complexity index is 535. The number of hydrogen-bond acceptors (Lipinski definition) is 6. The van der Waals surface area contributed by atoms with Crippen molar-refractivity contribution in [2.45, 2.75) is 37.8 Å². The summed E-state index contributed by atoms with van der Waals surface area (Å²) in [5.74, 6) is 1.20. The summed E-state index contributed by atoms with van der Waals surface area (Å²) in [5.41, 5.74) is 0.0724. The predicted molar refractivity (Wildman–Crippen MR) is 79.8 cm³/mol. The van der Waals surface area contributed by atoms with Gasteiger partial charge in [0, 0.05) is 13.6 Å². The molecule has 2 aliphatic rings. The van der Waals surface area contributed by atoms with Crippen molar-refractivity contribution >= 4 is 17.3 Å². The number of pyridine rings is 1. The first-order valence-electron chi connectivity index (χ1n) is 7.41. The van der Waals surface area contributed by atoms with Gasteiger partial charge in [0.15, 0.2) is 0 Å². The highest BCUT2D eigenvalue weighted by Gasteiger charge is 2.35. The molecular formula is C14H20N4O3. The number of rotatable bonds is 3. The molecule has 2 unspecified atom stereocenters. The van der Waals surface area contributed by atoms with Gasteiger partial charge in [0.25, 0.3) is 5.69 Å². The minimum Gasteiger partial charge on any atom is -0.374 e. The van der Waals surface area contributed by atoms with E-state index in [2.05, 4.69) is 15.2 Å². The SMILES string of the molecule is CNc1cc([N+](=O)[O-])cc(N2CCOC3CCCCC32)n1. The fourth-order valence-electron chi connectivity index (χ4n) is 3.26. The van der Waals surface area contributed by atoms with Crippen LogP contribution < -0.4 is 10.2 Å². The van der Waals surface area contributed by atoms with Crippen molar-refractivity contribution in [3.8, 4) is 0 Å². The number of nitro groups is 1. The molecule has 2 heterocycles. The van der Waals surface area contributed by atoms with Gasteiger partial charge in [-0.2, -0.15) is 0 Å². The molecule has 21 heavy (non-hydrogen) atoms. The maximum absolute atomic E-state index is 11.1. The van der Waals surface area contributed by atoms with Crippen LogP contribution in [0, 0.1) is 10.1 Å². The van der Waals surface area contributed by atoms with Crippen molar-refractivity contribution in [3.05, 3.63) is 22.2 Å². The highest BCUT2D eigenvalue weighted by Crippen LogP contribution is 2.33. The van der Waals surface area contributed by atoms with E-state index in [-0.39, 0.29) is 22.8 Å². The molecule has 1 aliphatic carbocycles. The molecule has 7 nitrogen and oxygen atoms in total. The second-order valence-corrected chi connectivity index (χ2v) is 5.53. The Kier molecular flexibility index (Phi) is 3.92. The summed E-state index contributed by atoms with van der Waals surface area (Å²) >= 11 is 0. The molecule has 1 N–H and O–H groups in total. The van der Waals surface area contributed by atoms with Gasteiger partial charge < -0.3 is 15.0 Å². The lowest BCUT2D eigenvalue weighted by atomic mass is 9.90. The number of aromatic nitrogens is 1. The van der Waals surface area contributed by atoms with Crippen molar-refractivity contribution < 1.29 is 9.66 Å². The van der Waals surface area contributed by atoms with Crippen molar-refractivity contribution in [2.75, 3.05) is 30.4 Å². The van der Waals surface area contributed by atoms with Crippen LogP contribution in [-0.2, 0) is 4.74 Å². The fourth-order valence-corrected chi connectivity index (χ4v) is 3.26. The highest BCUT2D eigenvalue weighted by molar-refractivity contribution is 5.56. The number of fused-ring (bicyclic) bond motifs is 1. The molecule has 3 rings (SSSR count). The molecule has 0 amide bonds. The average molecular weight is 292 g/mol. The van der Waals surface area contributed by atoms with Gasteiger partial charge in [-0.25, -0.2) is 4.98 Å². The summed E-state index contributed by atoms with van der Waals surface area (Å²) in [6.07, 6.45) is 4.72. The maximum Gasteiger partial charge on any atom is 0.276 e. The van der Waals surface area contributed by atoms with Gasteiger partial charge in [0.2, 0.25) is 0 Å². The molecule has 0 spiro atoms. The summed E-state index contributed by atoms with van der Waals surface area (Å²) < 4.78 is 5.85. The van der Waals surface area contributed by atoms with Crippen molar-refractivity contribution in [2.24, 2.45) is 0 Å². The molecule has 1 saturated carbocycles. The van der Waals surface area contributed by atoms with Crippen LogP contribution in [0.25, 0.3) is 0 Å². The summed E-state index contributed by atoms with van der Waals surface area (Å²) in [6.45, 7) is 1.39. The largest absolute Gasteiger partial charge is 0.374 e. The van der Waals surface area contributed by atoms with Crippen LogP contribution in [0.5, 0.6) is 0 Å². The van der Waals surface area contributed by atoms with Crippen molar-refractivity contribution in [1.82, 2.24) is 4.98 Å². The highest BCUT2D eigenvalue weighted by atomic mass is 16.6. The number of ether oxygens (including phenoxy) is 1. The monoisotopic (exact) mass is 292 g/mol. The van der Waals surface area contributed by atoms with Crippen LogP contribution in [0.15, 0.2) is 12.1 Å². The normalized spacial score (nSPS) is 25.3. The topological polar surface area (TPSA) is 80.5 Å². The number of anilines is 2. The number of hydrogen-bond donors (Lipinski definition) is 1. The van der Waals surface area contributed by atoms with E-state index in [4.69, 9.17) is 4.74 Å². The first kappa shape index (κ1) is 14.1. The summed E-state index contributed by atoms with van der Waals surface area (Å²) in [4.78, 5) is 17.4. The molecule has 114 valence electrons. The van der Waals surface area contributed by atoms with Crippen LogP contribution in [0.4, 0.5) is 17.3 Å². The minimum absolute atomic E-state index is 0.0724. The lowest BCUT2D eigenvalue weighted by Gasteiger charge is -2.44. The van der Waals surface area contributed by atoms with Crippen LogP contribution in [-0.4, -0.2) is 42.3 Å². The predicted octanol–water partition coefficient (Wildman–Crippen LogP) is 2.18. The molecule has 1 aliphatic heterocycles. The van der Waals surface area contributed by atoms with E-state index in [0.717, 1.165) is 19.4 Å². The number of nitrogens with zero attached hydrogens (tertiary/aromatic N) is 3. The smallest absolute Gasteiger partial charge is 0.276 e. The first-order valence-corrected chi connectivity index (χ1v) is 7.41. The molecular weight excluding hydrogens is 272 g/mol. The van der Waals surface area contributed by atoms with Gasteiger partial charge in [0.05, 0.1) is 35.8 Å². The third kappa shape index (κ3) is 2.78. The van der Waals surface area contributed by atoms with E-state index in [9.17, 15) is 10.1 Å². The fraction of sp³-hybridized carbons (Fsp3) is 0.643. The van der Waals surface area contributed by atoms with E-state index in [1.165, 1.54) is 18.9 Å². The molecule has 1 aromatic heterocycles. The lowest BCUT2D eigenvalue weighted by Crippen LogP contribution is -2.53. The Morgan fingerprint density at radius 1 is 1.43 bits per heavy atom. The molecule has 0 radical (unpaired) electrons. The Balaban J connectivity index is 1.94. The Morgan fingerprint density at radius 2 is 2.24 bits per heavy atom. The van der Waals surface area contributed by atoms with Crippen molar-refractivity contribution in [3.63, 3.8) is 0 Å². The number of morpholine rings is 1. The zero-order chi connectivity index (χ0) is 14.8. The third-order valence-electron chi connectivity index (χ3n) is 4.29. The standard InChI is InChI=1S/C14H20N4O3/c1-15-13-8-10(18(19)20)9-14(16-13)17-6-7-21-12-5-3-2-4-11(12)17/h8-9,11-12H,2-7H2,1H3,(H,15,16). The van der Waals surface area contributed by atoms with Crippen LogP contribution >= 0.6 is 0 Å². The van der Waals surface area contributed by atoms with Gasteiger partial charge in [-0.1, -0.05) is 12.8 Å². The van der Waals surface area contributed by atoms with Gasteiger partial charge in [-0.05, 0) is 12.8 Å². The zero-order valence-electron chi connectivity index (χ0n) is 12.1. The Labute approximate surface area is 123 Å². The quantitative estimate of drug-likeness (QED) is 0.679. The summed E-state index contributed by atoms with van der Waals surface area (Å²) in [6, 6.07) is 3.31. The van der Waals surface area contributed by atoms with E-state index in [1.54, 1.807) is 13.1 Å². The van der Waals surface area contributed by atoms with E-state index >= 15 is 0 Å². The average Bonchev–Trinajstić information content (AvgIpc) is 2.53. The van der Waals surface area contributed by atoms with Crippen LogP contribution in [0.1, 0.15) is 25.7 Å². The zero-order valence-corrected chi connectivity index (χ0v) is 12.1. The van der Waals surface area contributed by atoms with E-state index < -0.39 is 0 Å². The summed E-state index contributed by atoms with van der Waals surface area (Å²) in [7, 11) is 1.72. The molecule has 1 aromatic rings. The van der Waals surface area contributed by atoms with Crippen LogP contribution in [0.3, 0.4) is 0 Å². The van der Waals surface area contributed by atoms with E-state index in [0.29, 0.717) is 18.2 Å². The Hall–Kier alpha value is -1.89. The van der Waals surface area contributed by atoms with Gasteiger partial charge in [0.1, 0.15) is 11.6 Å². The molecule has 2 atom stereocenters. The molecule has 1 saturated heterocycles. The second-order valence-electron chi connectivity index (χ2n) is 5.53. The maximum atomic E-state index is 11.1. The second kappa shape index (κ2) is 5.85. The van der Waals surface area contributed by atoms with Crippen LogP contribution in [0.2, 0.25) is 0 Å².